The van der Waals surface area contributed by atoms with E-state index in [1.165, 1.54) is 76.7 Å². The van der Waals surface area contributed by atoms with E-state index < -0.39 is 0 Å². The van der Waals surface area contributed by atoms with E-state index in [9.17, 15) is 0 Å². The number of aromatic nitrogens is 1. The largest absolute Gasteiger partial charge is 0.456 e. The van der Waals surface area contributed by atoms with Crippen molar-refractivity contribution in [3.8, 4) is 27.9 Å². The monoisotopic (exact) mass is 625 g/mol. The summed E-state index contributed by atoms with van der Waals surface area (Å²) in [6, 6.07) is 63.4. The Hall–Kier alpha value is -6.38. The van der Waals surface area contributed by atoms with Gasteiger partial charge in [-0.3, -0.25) is 0 Å². The van der Waals surface area contributed by atoms with Crippen LogP contribution < -0.4 is 0 Å². The zero-order valence-electron chi connectivity index (χ0n) is 26.8. The minimum absolute atomic E-state index is 0.791. The Bertz CT molecular complexity index is 2800. The quantitative estimate of drug-likeness (QED) is 0.186. The molecule has 8 aromatic carbocycles. The predicted molar refractivity (Wildman–Crippen MR) is 206 cm³/mol. The highest BCUT2D eigenvalue weighted by Crippen LogP contribution is 2.38. The summed E-state index contributed by atoms with van der Waals surface area (Å²) in [7, 11) is 0. The van der Waals surface area contributed by atoms with Crippen LogP contribution in [-0.2, 0) is 6.42 Å². The summed E-state index contributed by atoms with van der Waals surface area (Å²) in [5.74, 6) is 0. The second-order valence-electron chi connectivity index (χ2n) is 12.9. The minimum atomic E-state index is 0.791. The molecule has 2 heteroatoms. The summed E-state index contributed by atoms with van der Waals surface area (Å²) in [5.41, 5.74) is 12.8. The average Bonchev–Trinajstić information content (AvgIpc) is 3.72. The maximum absolute atomic E-state index is 6.52. The molecule has 10 rings (SSSR count). The number of benzene rings is 8. The lowest BCUT2D eigenvalue weighted by molar-refractivity contribution is 0.664. The Balaban J connectivity index is 0.994. The lowest BCUT2D eigenvalue weighted by Crippen LogP contribution is -1.93. The highest BCUT2D eigenvalue weighted by Gasteiger charge is 2.16. The van der Waals surface area contributed by atoms with Gasteiger partial charge in [0.15, 0.2) is 0 Å². The van der Waals surface area contributed by atoms with Crippen molar-refractivity contribution in [3.63, 3.8) is 0 Å². The molecule has 0 aliphatic heterocycles. The summed E-state index contributed by atoms with van der Waals surface area (Å²) in [6.07, 6.45) is 0.791. The van der Waals surface area contributed by atoms with Gasteiger partial charge in [-0.05, 0) is 81.1 Å². The van der Waals surface area contributed by atoms with E-state index in [0.717, 1.165) is 23.3 Å². The van der Waals surface area contributed by atoms with Crippen molar-refractivity contribution < 1.29 is 4.42 Å². The normalized spacial score (nSPS) is 11.8. The van der Waals surface area contributed by atoms with Gasteiger partial charge in [-0.15, -0.1) is 0 Å². The molecule has 2 aromatic heterocycles. The molecule has 0 aliphatic carbocycles. The highest BCUT2D eigenvalue weighted by molar-refractivity contribution is 6.19. The van der Waals surface area contributed by atoms with E-state index in [1.807, 2.05) is 6.07 Å². The molecule has 49 heavy (non-hydrogen) atoms. The second-order valence-corrected chi connectivity index (χ2v) is 12.9. The standard InChI is InChI=1S/C47H31NO/c1-2-16-39-36(12-1)30-37(47-46(39)42-19-5-8-22-45(42)49-47)28-31-11-9-13-33(27-31)35-15-10-14-34(29-35)32-23-25-38(26-24-32)48-43-20-6-3-17-40(43)41-18-4-7-21-44(41)48/h1-27,29-30H,28H2. The molecule has 230 valence electrons. The van der Waals surface area contributed by atoms with Crippen molar-refractivity contribution in [3.05, 3.63) is 187 Å². The van der Waals surface area contributed by atoms with Gasteiger partial charge in [-0.2, -0.15) is 0 Å². The van der Waals surface area contributed by atoms with Gasteiger partial charge in [-0.25, -0.2) is 0 Å². The summed E-state index contributed by atoms with van der Waals surface area (Å²) >= 11 is 0. The summed E-state index contributed by atoms with van der Waals surface area (Å²) in [4.78, 5) is 0. The van der Waals surface area contributed by atoms with Gasteiger partial charge in [0.25, 0.3) is 0 Å². The van der Waals surface area contributed by atoms with E-state index in [-0.39, 0.29) is 0 Å². The first kappa shape index (κ1) is 27.7. The van der Waals surface area contributed by atoms with E-state index in [0.29, 0.717) is 0 Å². The van der Waals surface area contributed by atoms with Crippen LogP contribution in [0.2, 0.25) is 0 Å². The van der Waals surface area contributed by atoms with Crippen LogP contribution in [0, 0.1) is 0 Å². The molecule has 0 bridgehead atoms. The number of furan rings is 1. The first-order valence-corrected chi connectivity index (χ1v) is 16.9. The van der Waals surface area contributed by atoms with Crippen LogP contribution in [-0.4, -0.2) is 4.57 Å². The van der Waals surface area contributed by atoms with Gasteiger partial charge in [0.1, 0.15) is 11.2 Å². The fraction of sp³-hybridized carbons (Fsp3) is 0.0213. The fourth-order valence-electron chi connectivity index (χ4n) is 7.74. The van der Waals surface area contributed by atoms with Crippen LogP contribution in [0.3, 0.4) is 0 Å². The van der Waals surface area contributed by atoms with E-state index in [4.69, 9.17) is 4.42 Å². The van der Waals surface area contributed by atoms with Gasteiger partial charge >= 0.3 is 0 Å². The lowest BCUT2D eigenvalue weighted by Gasteiger charge is -2.11. The molecule has 0 unspecified atom stereocenters. The van der Waals surface area contributed by atoms with Crippen LogP contribution in [0.25, 0.3) is 82.5 Å². The number of fused-ring (bicyclic) bond motifs is 8. The van der Waals surface area contributed by atoms with Crippen molar-refractivity contribution in [1.29, 1.82) is 0 Å². The molecule has 0 atom stereocenters. The predicted octanol–water partition coefficient (Wildman–Crippen LogP) is 12.8. The average molecular weight is 626 g/mol. The van der Waals surface area contributed by atoms with Crippen LogP contribution in [0.4, 0.5) is 0 Å². The molecule has 0 spiro atoms. The number of nitrogens with zero attached hydrogens (tertiary/aromatic N) is 1. The summed E-state index contributed by atoms with van der Waals surface area (Å²) < 4.78 is 8.88. The van der Waals surface area contributed by atoms with Gasteiger partial charge < -0.3 is 8.98 Å². The maximum Gasteiger partial charge on any atom is 0.139 e. The fourth-order valence-corrected chi connectivity index (χ4v) is 7.74. The first-order chi connectivity index (χ1) is 24.3. The summed E-state index contributed by atoms with van der Waals surface area (Å²) in [5, 5.41) is 7.41. The number of hydrogen-bond acceptors (Lipinski definition) is 1. The zero-order valence-corrected chi connectivity index (χ0v) is 26.8. The van der Waals surface area contributed by atoms with E-state index in [1.54, 1.807) is 0 Å². The Morgan fingerprint density at radius 1 is 0.429 bits per heavy atom. The van der Waals surface area contributed by atoms with Crippen molar-refractivity contribution in [2.75, 3.05) is 0 Å². The number of para-hydroxylation sites is 3. The van der Waals surface area contributed by atoms with E-state index in [2.05, 4.69) is 174 Å². The molecule has 0 saturated heterocycles. The molecule has 10 aromatic rings. The topological polar surface area (TPSA) is 18.1 Å². The number of hydrogen-bond donors (Lipinski definition) is 0. The molecular formula is C47H31NO. The second kappa shape index (κ2) is 11.1. The molecule has 0 N–H and O–H groups in total. The first-order valence-electron chi connectivity index (χ1n) is 16.9. The molecule has 0 saturated carbocycles. The molecule has 2 heterocycles. The van der Waals surface area contributed by atoms with Gasteiger partial charge in [0, 0.05) is 39.2 Å². The minimum Gasteiger partial charge on any atom is -0.456 e. The van der Waals surface area contributed by atoms with E-state index >= 15 is 0 Å². The Kier molecular flexibility index (Phi) is 6.28. The van der Waals surface area contributed by atoms with Gasteiger partial charge in [0.2, 0.25) is 0 Å². The van der Waals surface area contributed by atoms with Crippen molar-refractivity contribution in [2.24, 2.45) is 0 Å². The molecular weight excluding hydrogens is 595 g/mol. The van der Waals surface area contributed by atoms with Crippen molar-refractivity contribution >= 4 is 54.5 Å². The van der Waals surface area contributed by atoms with Gasteiger partial charge in [0.05, 0.1) is 11.0 Å². The maximum atomic E-state index is 6.52. The van der Waals surface area contributed by atoms with Crippen LogP contribution >= 0.6 is 0 Å². The van der Waals surface area contributed by atoms with Crippen LogP contribution in [0.15, 0.2) is 180 Å². The smallest absolute Gasteiger partial charge is 0.139 e. The Morgan fingerprint density at radius 3 is 1.78 bits per heavy atom. The van der Waals surface area contributed by atoms with Crippen molar-refractivity contribution in [1.82, 2.24) is 4.57 Å². The highest BCUT2D eigenvalue weighted by atomic mass is 16.3. The SMILES string of the molecule is c1cc(Cc2cc3ccccc3c3c2oc2ccccc23)cc(-c2cccc(-c3ccc(-n4c5ccccc5c5ccccc54)cc3)c2)c1. The Labute approximate surface area is 284 Å². The van der Waals surface area contributed by atoms with Crippen LogP contribution in [0.5, 0.6) is 0 Å². The van der Waals surface area contributed by atoms with Crippen molar-refractivity contribution in [2.45, 2.75) is 6.42 Å². The third-order valence-corrected chi connectivity index (χ3v) is 10.0. The molecule has 0 aliphatic rings. The molecule has 0 fully saturated rings. The Morgan fingerprint density at radius 2 is 1.02 bits per heavy atom. The van der Waals surface area contributed by atoms with Gasteiger partial charge in [-0.1, -0.05) is 133 Å². The molecule has 0 radical (unpaired) electrons. The zero-order chi connectivity index (χ0) is 32.3. The molecule has 0 amide bonds. The number of rotatable bonds is 5. The third kappa shape index (κ3) is 4.57. The van der Waals surface area contributed by atoms with Crippen LogP contribution in [0.1, 0.15) is 11.1 Å². The lowest BCUT2D eigenvalue weighted by atomic mass is 9.94. The molecule has 2 nitrogen and oxygen atoms in total. The summed E-state index contributed by atoms with van der Waals surface area (Å²) in [6.45, 7) is 0. The third-order valence-electron chi connectivity index (χ3n) is 10.0.